The Hall–Kier alpha value is -0.150. The highest BCUT2D eigenvalue weighted by Gasteiger charge is 2.47. The molecule has 2 fully saturated rings. The van der Waals surface area contributed by atoms with Crippen LogP contribution in [-0.4, -0.2) is 42.1 Å². The number of allylic oxidation sites excluding steroid dienone is 2. The predicted octanol–water partition coefficient (Wildman–Crippen LogP) is 3.09. The van der Waals surface area contributed by atoms with Crippen molar-refractivity contribution in [3.8, 4) is 0 Å². The Kier molecular flexibility index (Phi) is 5.24. The van der Waals surface area contributed by atoms with Gasteiger partial charge >= 0.3 is 0 Å². The van der Waals surface area contributed by atoms with Gasteiger partial charge in [-0.3, -0.25) is 4.57 Å². The van der Waals surface area contributed by atoms with Crippen LogP contribution in [0.2, 0.25) is 0 Å². The minimum absolute atomic E-state index is 0.694. The van der Waals surface area contributed by atoms with E-state index >= 15 is 0 Å². The van der Waals surface area contributed by atoms with Crippen molar-refractivity contribution in [3.63, 3.8) is 0 Å². The number of rotatable bonds is 9. The molecule has 0 saturated carbocycles. The molecule has 0 aromatic rings. The van der Waals surface area contributed by atoms with Crippen LogP contribution in [0.25, 0.3) is 0 Å². The van der Waals surface area contributed by atoms with Gasteiger partial charge in [0.15, 0.2) is 0 Å². The van der Waals surface area contributed by atoms with E-state index in [1.807, 2.05) is 0 Å². The summed E-state index contributed by atoms with van der Waals surface area (Å²) in [6, 6.07) is 0. The molecule has 110 valence electrons. The first-order chi connectivity index (χ1) is 9.02. The molecular weight excluding hydrogens is 257 g/mol. The minimum atomic E-state index is -2.33. The Balaban J connectivity index is 1.65. The van der Waals surface area contributed by atoms with Gasteiger partial charge in [0.2, 0.25) is 0 Å². The molecule has 0 unspecified atom stereocenters. The molecule has 2 heterocycles. The molecule has 4 nitrogen and oxygen atoms in total. The lowest BCUT2D eigenvalue weighted by Gasteiger charge is -2.22. The number of nitrogens with zero attached hydrogens (tertiary/aromatic N) is 2. The summed E-state index contributed by atoms with van der Waals surface area (Å²) in [4.78, 5) is 0. The van der Waals surface area contributed by atoms with Crippen molar-refractivity contribution in [2.45, 2.75) is 40.0 Å². The van der Waals surface area contributed by atoms with Gasteiger partial charge in [-0.1, -0.05) is 18.6 Å². The molecule has 2 aliphatic heterocycles. The fraction of sp³-hybridized carbons (Fsp3) is 0.857. The standard InChI is InChI=1S/C14H28N3OP/c1-13(2)5-4-6-14(3)7-8-15-19(18,16-9-10-16)17-11-12-17/h5,14H,4,6-12H2,1-3H3,(H,15,18)/t14-/m1/s1. The normalized spacial score (nSPS) is 21.2. The van der Waals surface area contributed by atoms with Crippen LogP contribution in [0, 0.1) is 5.92 Å². The summed E-state index contributed by atoms with van der Waals surface area (Å²) in [6.45, 7) is 11.5. The largest absolute Gasteiger partial charge is 0.284 e. The monoisotopic (exact) mass is 285 g/mol. The van der Waals surface area contributed by atoms with Crippen LogP contribution in [0.5, 0.6) is 0 Å². The molecule has 2 aliphatic rings. The van der Waals surface area contributed by atoms with Gasteiger partial charge in [-0.15, -0.1) is 0 Å². The van der Waals surface area contributed by atoms with Crippen molar-refractivity contribution in [1.29, 1.82) is 0 Å². The second-order valence-corrected chi connectivity index (χ2v) is 8.65. The van der Waals surface area contributed by atoms with Crippen molar-refractivity contribution >= 4 is 7.59 Å². The van der Waals surface area contributed by atoms with Gasteiger partial charge in [0.25, 0.3) is 7.59 Å². The zero-order chi connectivity index (χ0) is 13.9. The summed E-state index contributed by atoms with van der Waals surface area (Å²) in [7, 11) is -2.33. The SMILES string of the molecule is CC(C)=CCC[C@@H](C)CCNP(=O)(N1CC1)N1CC1. The molecule has 0 amide bonds. The Morgan fingerprint density at radius 1 is 1.21 bits per heavy atom. The molecule has 0 aliphatic carbocycles. The van der Waals surface area contributed by atoms with Crippen LogP contribution in [0.4, 0.5) is 0 Å². The Morgan fingerprint density at radius 3 is 2.26 bits per heavy atom. The highest BCUT2D eigenvalue weighted by Crippen LogP contribution is 2.56. The summed E-state index contributed by atoms with van der Waals surface area (Å²) in [6.07, 6.45) is 5.81. The fourth-order valence-corrected chi connectivity index (χ4v) is 4.71. The molecule has 19 heavy (non-hydrogen) atoms. The number of hydrogen-bond acceptors (Lipinski definition) is 1. The average molecular weight is 285 g/mol. The quantitative estimate of drug-likeness (QED) is 0.401. The zero-order valence-corrected chi connectivity index (χ0v) is 13.5. The third-order valence-corrected chi connectivity index (χ3v) is 6.75. The third kappa shape index (κ3) is 4.71. The van der Waals surface area contributed by atoms with E-state index in [2.05, 4.69) is 41.3 Å². The number of nitrogens with one attached hydrogen (secondary N) is 1. The summed E-state index contributed by atoms with van der Waals surface area (Å²) in [5, 5.41) is 3.34. The second-order valence-electron chi connectivity index (χ2n) is 6.11. The minimum Gasteiger partial charge on any atom is -0.270 e. The van der Waals surface area contributed by atoms with Crippen LogP contribution in [0.3, 0.4) is 0 Å². The van der Waals surface area contributed by atoms with E-state index in [-0.39, 0.29) is 0 Å². The van der Waals surface area contributed by atoms with Crippen LogP contribution < -0.4 is 5.09 Å². The molecule has 0 radical (unpaired) electrons. The average Bonchev–Trinajstić information content (AvgIpc) is 3.17. The molecule has 0 spiro atoms. The molecule has 0 aromatic heterocycles. The van der Waals surface area contributed by atoms with E-state index in [4.69, 9.17) is 0 Å². The van der Waals surface area contributed by atoms with Crippen LogP contribution in [0.15, 0.2) is 11.6 Å². The summed E-state index contributed by atoms with van der Waals surface area (Å²) >= 11 is 0. The molecule has 1 N–H and O–H groups in total. The van der Waals surface area contributed by atoms with Crippen LogP contribution >= 0.6 is 7.59 Å². The maximum atomic E-state index is 12.8. The maximum Gasteiger partial charge on any atom is 0.284 e. The number of hydrogen-bond donors (Lipinski definition) is 1. The predicted molar refractivity (Wildman–Crippen MR) is 81.2 cm³/mol. The van der Waals surface area contributed by atoms with E-state index < -0.39 is 7.59 Å². The zero-order valence-electron chi connectivity index (χ0n) is 12.6. The van der Waals surface area contributed by atoms with Gasteiger partial charge < -0.3 is 0 Å². The summed E-state index contributed by atoms with van der Waals surface area (Å²) in [5.41, 5.74) is 1.40. The summed E-state index contributed by atoms with van der Waals surface area (Å²) in [5.74, 6) is 0.694. The van der Waals surface area contributed by atoms with E-state index in [1.165, 1.54) is 18.4 Å². The van der Waals surface area contributed by atoms with Crippen molar-refractivity contribution in [2.24, 2.45) is 5.92 Å². The van der Waals surface area contributed by atoms with Gasteiger partial charge in [-0.25, -0.2) is 14.4 Å². The Bertz CT molecular complexity index is 355. The van der Waals surface area contributed by atoms with Gasteiger partial charge in [0.1, 0.15) is 0 Å². The molecule has 0 aromatic carbocycles. The van der Waals surface area contributed by atoms with Gasteiger partial charge in [-0.05, 0) is 39.0 Å². The highest BCUT2D eigenvalue weighted by atomic mass is 31.2. The molecule has 2 saturated heterocycles. The highest BCUT2D eigenvalue weighted by molar-refractivity contribution is 7.57. The van der Waals surface area contributed by atoms with Crippen LogP contribution in [0.1, 0.15) is 40.0 Å². The lowest BCUT2D eigenvalue weighted by atomic mass is 10.0. The van der Waals surface area contributed by atoms with E-state index in [0.29, 0.717) is 5.92 Å². The van der Waals surface area contributed by atoms with Gasteiger partial charge in [0.05, 0.1) is 0 Å². The van der Waals surface area contributed by atoms with Crippen LogP contribution in [-0.2, 0) is 4.57 Å². The van der Waals surface area contributed by atoms with Crippen molar-refractivity contribution in [2.75, 3.05) is 32.7 Å². The molecule has 5 heteroatoms. The van der Waals surface area contributed by atoms with E-state index in [9.17, 15) is 4.57 Å². The van der Waals surface area contributed by atoms with E-state index in [1.54, 1.807) is 0 Å². The first-order valence-electron chi connectivity index (χ1n) is 7.52. The first-order valence-corrected chi connectivity index (χ1v) is 9.13. The molecular formula is C14H28N3OP. The smallest absolute Gasteiger partial charge is 0.270 e. The lowest BCUT2D eigenvalue weighted by molar-refractivity contribution is 0.470. The first kappa shape index (κ1) is 15.2. The van der Waals surface area contributed by atoms with Crippen molar-refractivity contribution in [3.05, 3.63) is 11.6 Å². The summed E-state index contributed by atoms with van der Waals surface area (Å²) < 4.78 is 16.9. The molecule has 1 atom stereocenters. The molecule has 2 rings (SSSR count). The second kappa shape index (κ2) is 6.53. The van der Waals surface area contributed by atoms with Crippen molar-refractivity contribution < 1.29 is 4.57 Å². The van der Waals surface area contributed by atoms with E-state index in [0.717, 1.165) is 39.1 Å². The molecule has 0 bridgehead atoms. The van der Waals surface area contributed by atoms with Crippen molar-refractivity contribution in [1.82, 2.24) is 14.4 Å². The van der Waals surface area contributed by atoms with Gasteiger partial charge in [-0.2, -0.15) is 0 Å². The lowest BCUT2D eigenvalue weighted by Crippen LogP contribution is -2.23. The van der Waals surface area contributed by atoms with Gasteiger partial charge in [0, 0.05) is 32.7 Å². The third-order valence-electron chi connectivity index (χ3n) is 3.78. The Labute approximate surface area is 117 Å². The fourth-order valence-electron chi connectivity index (χ4n) is 2.27. The Morgan fingerprint density at radius 2 is 1.79 bits per heavy atom. The maximum absolute atomic E-state index is 12.8. The topological polar surface area (TPSA) is 35.1 Å².